The fourth-order valence-corrected chi connectivity index (χ4v) is 2.17. The molecular weight excluding hydrogens is 292 g/mol. The molecule has 4 atom stereocenters. The average Bonchev–Trinajstić information content (AvgIpc) is 2.63. The molecule has 0 aromatic carbocycles. The Labute approximate surface area is 117 Å². The summed E-state index contributed by atoms with van der Waals surface area (Å²) in [5.41, 5.74) is -3.68. The molecular formula is C11H11ClN2O6. The summed E-state index contributed by atoms with van der Waals surface area (Å²) in [7, 11) is 0. The summed E-state index contributed by atoms with van der Waals surface area (Å²) in [6.07, 6.45) is -3.08. The van der Waals surface area contributed by atoms with Crippen molar-refractivity contribution < 1.29 is 20.1 Å². The van der Waals surface area contributed by atoms with Crippen LogP contribution in [0.5, 0.6) is 0 Å². The lowest BCUT2D eigenvalue weighted by Crippen LogP contribution is -2.48. The number of hydrogen-bond donors (Lipinski definition) is 4. The lowest BCUT2D eigenvalue weighted by molar-refractivity contribution is -0.0765. The van der Waals surface area contributed by atoms with Crippen LogP contribution in [-0.2, 0) is 4.74 Å². The van der Waals surface area contributed by atoms with Crippen LogP contribution in [0.3, 0.4) is 0 Å². The Hall–Kier alpha value is -1.63. The molecule has 0 saturated carbocycles. The number of halogens is 1. The standard InChI is InChI=1S/C11H11ClN2O6/c12-3-2-11(19)8(17)6(5-15)20-9(11)14-4-1-7(16)13-10(14)18/h1,4,6,8-9,15,17,19H,5H2,(H,13,16,18). The Kier molecular flexibility index (Phi) is 3.99. The van der Waals surface area contributed by atoms with E-state index in [0.717, 1.165) is 16.8 Å². The maximum atomic E-state index is 11.7. The molecule has 0 radical (unpaired) electrons. The number of ether oxygens (including phenoxy) is 1. The van der Waals surface area contributed by atoms with Gasteiger partial charge in [0.2, 0.25) is 5.60 Å². The fourth-order valence-electron chi connectivity index (χ4n) is 2.02. The van der Waals surface area contributed by atoms with E-state index in [1.165, 1.54) is 0 Å². The number of aliphatic hydroxyl groups excluding tert-OH is 2. The summed E-state index contributed by atoms with van der Waals surface area (Å²) in [5.74, 6) is 2.16. The van der Waals surface area contributed by atoms with Crippen molar-refractivity contribution in [1.29, 1.82) is 0 Å². The molecule has 108 valence electrons. The first-order valence-corrected chi connectivity index (χ1v) is 5.93. The first-order chi connectivity index (χ1) is 9.43. The second kappa shape index (κ2) is 5.40. The Balaban J connectivity index is 2.55. The lowest BCUT2D eigenvalue weighted by atomic mass is 9.95. The third kappa shape index (κ3) is 2.26. The van der Waals surface area contributed by atoms with Crippen LogP contribution in [0.15, 0.2) is 21.9 Å². The number of aliphatic hydroxyl groups is 3. The van der Waals surface area contributed by atoms with E-state index in [-0.39, 0.29) is 0 Å². The molecule has 0 spiro atoms. The molecule has 1 saturated heterocycles. The van der Waals surface area contributed by atoms with E-state index in [0.29, 0.717) is 0 Å². The molecule has 2 heterocycles. The van der Waals surface area contributed by atoms with Crippen molar-refractivity contribution in [3.8, 4) is 11.3 Å². The molecule has 1 aromatic heterocycles. The van der Waals surface area contributed by atoms with Gasteiger partial charge in [0.25, 0.3) is 5.56 Å². The van der Waals surface area contributed by atoms with E-state index in [2.05, 4.69) is 5.92 Å². The van der Waals surface area contributed by atoms with Crippen molar-refractivity contribution in [3.05, 3.63) is 33.1 Å². The monoisotopic (exact) mass is 302 g/mol. The van der Waals surface area contributed by atoms with Crippen molar-refractivity contribution >= 4 is 11.6 Å². The van der Waals surface area contributed by atoms with Gasteiger partial charge in [-0.05, 0) is 17.5 Å². The van der Waals surface area contributed by atoms with Crippen molar-refractivity contribution in [2.75, 3.05) is 6.61 Å². The minimum absolute atomic E-state index is 0.595. The van der Waals surface area contributed by atoms with Crippen molar-refractivity contribution in [2.24, 2.45) is 0 Å². The van der Waals surface area contributed by atoms with E-state index in [4.69, 9.17) is 21.4 Å². The predicted molar refractivity (Wildman–Crippen MR) is 66.9 cm³/mol. The number of nitrogens with one attached hydrogen (secondary N) is 1. The molecule has 8 nitrogen and oxygen atoms in total. The summed E-state index contributed by atoms with van der Waals surface area (Å²) in [6.45, 7) is -0.595. The minimum atomic E-state index is -2.20. The van der Waals surface area contributed by atoms with Gasteiger partial charge in [0.1, 0.15) is 12.2 Å². The van der Waals surface area contributed by atoms with Crippen LogP contribution in [0.25, 0.3) is 0 Å². The molecule has 2 rings (SSSR count). The Morgan fingerprint density at radius 1 is 1.55 bits per heavy atom. The van der Waals surface area contributed by atoms with Crippen molar-refractivity contribution in [1.82, 2.24) is 9.55 Å². The average molecular weight is 303 g/mol. The fraction of sp³-hybridized carbons (Fsp3) is 0.455. The summed E-state index contributed by atoms with van der Waals surface area (Å²) in [4.78, 5) is 24.7. The van der Waals surface area contributed by atoms with Gasteiger partial charge >= 0.3 is 5.69 Å². The second-order valence-electron chi connectivity index (χ2n) is 4.22. The normalized spacial score (nSPS) is 32.7. The first-order valence-electron chi connectivity index (χ1n) is 5.55. The summed E-state index contributed by atoms with van der Waals surface area (Å²) < 4.78 is 6.08. The summed E-state index contributed by atoms with van der Waals surface area (Å²) >= 11 is 5.25. The van der Waals surface area contributed by atoms with Crippen molar-refractivity contribution in [2.45, 2.75) is 24.0 Å². The molecule has 1 aromatic rings. The maximum Gasteiger partial charge on any atom is 0.330 e. The molecule has 20 heavy (non-hydrogen) atoms. The summed E-state index contributed by atoms with van der Waals surface area (Å²) in [5, 5.41) is 31.3. The molecule has 0 bridgehead atoms. The maximum absolute atomic E-state index is 11.7. The van der Waals surface area contributed by atoms with Gasteiger partial charge in [-0.2, -0.15) is 0 Å². The highest BCUT2D eigenvalue weighted by Crippen LogP contribution is 2.37. The quantitative estimate of drug-likeness (QED) is 0.456. The van der Waals surface area contributed by atoms with Gasteiger partial charge in [0.05, 0.1) is 6.61 Å². The Bertz CT molecular complexity index is 674. The molecule has 1 aliphatic heterocycles. The third-order valence-corrected chi connectivity index (χ3v) is 3.11. The molecule has 9 heteroatoms. The van der Waals surface area contributed by atoms with Gasteiger partial charge in [-0.1, -0.05) is 0 Å². The second-order valence-corrected chi connectivity index (χ2v) is 4.41. The van der Waals surface area contributed by atoms with E-state index in [9.17, 15) is 19.8 Å². The molecule has 0 amide bonds. The van der Waals surface area contributed by atoms with Crippen LogP contribution in [0.4, 0.5) is 0 Å². The Morgan fingerprint density at radius 2 is 2.25 bits per heavy atom. The van der Waals surface area contributed by atoms with Gasteiger partial charge in [-0.3, -0.25) is 14.3 Å². The largest absolute Gasteiger partial charge is 0.394 e. The molecule has 1 fully saturated rings. The minimum Gasteiger partial charge on any atom is -0.394 e. The van der Waals surface area contributed by atoms with Crippen LogP contribution in [0, 0.1) is 11.3 Å². The number of aromatic nitrogens is 2. The smallest absolute Gasteiger partial charge is 0.330 e. The summed E-state index contributed by atoms with van der Waals surface area (Å²) in [6, 6.07) is 1.04. The van der Waals surface area contributed by atoms with E-state index < -0.39 is 41.9 Å². The number of rotatable bonds is 2. The SMILES string of the molecule is O=c1ccn(C2OC(CO)C(O)C2(O)C#CCl)c(=O)[nH]1. The highest BCUT2D eigenvalue weighted by Gasteiger charge is 2.55. The third-order valence-electron chi connectivity index (χ3n) is 3.01. The highest BCUT2D eigenvalue weighted by atomic mass is 35.5. The number of H-pyrrole nitrogens is 1. The number of nitrogens with zero attached hydrogens (tertiary/aromatic N) is 1. The number of aromatic amines is 1. The van der Waals surface area contributed by atoms with E-state index in [1.54, 1.807) is 0 Å². The zero-order chi connectivity index (χ0) is 14.9. The van der Waals surface area contributed by atoms with Gasteiger partial charge in [0.15, 0.2) is 6.23 Å². The highest BCUT2D eigenvalue weighted by molar-refractivity contribution is 6.30. The zero-order valence-corrected chi connectivity index (χ0v) is 10.7. The van der Waals surface area contributed by atoms with Crippen LogP contribution in [-0.4, -0.2) is 49.3 Å². The van der Waals surface area contributed by atoms with Crippen molar-refractivity contribution in [3.63, 3.8) is 0 Å². The molecule has 4 N–H and O–H groups in total. The topological polar surface area (TPSA) is 125 Å². The van der Waals surface area contributed by atoms with Crippen LogP contribution in [0.2, 0.25) is 0 Å². The first kappa shape index (κ1) is 14.8. The van der Waals surface area contributed by atoms with Gasteiger partial charge in [-0.25, -0.2) is 4.79 Å². The molecule has 1 aliphatic rings. The number of hydrogen-bond acceptors (Lipinski definition) is 6. The Morgan fingerprint density at radius 3 is 2.80 bits per heavy atom. The van der Waals surface area contributed by atoms with Crippen LogP contribution in [0.1, 0.15) is 6.23 Å². The lowest BCUT2D eigenvalue weighted by Gasteiger charge is -2.26. The van der Waals surface area contributed by atoms with Gasteiger partial charge in [0, 0.05) is 17.6 Å². The van der Waals surface area contributed by atoms with Gasteiger partial charge < -0.3 is 20.1 Å². The van der Waals surface area contributed by atoms with Gasteiger partial charge in [-0.15, -0.1) is 0 Å². The zero-order valence-electron chi connectivity index (χ0n) is 9.99. The van der Waals surface area contributed by atoms with E-state index in [1.807, 2.05) is 10.4 Å². The van der Waals surface area contributed by atoms with Crippen LogP contribution < -0.4 is 11.2 Å². The van der Waals surface area contributed by atoms with E-state index >= 15 is 0 Å². The molecule has 0 aliphatic carbocycles. The predicted octanol–water partition coefficient (Wildman–Crippen LogP) is -2.28. The van der Waals surface area contributed by atoms with Crippen LogP contribution >= 0.6 is 11.6 Å². The molecule has 4 unspecified atom stereocenters.